The van der Waals surface area contributed by atoms with Crippen LogP contribution in [0.3, 0.4) is 0 Å². The number of benzene rings is 2. The van der Waals surface area contributed by atoms with Crippen LogP contribution in [0.25, 0.3) is 11.5 Å². The van der Waals surface area contributed by atoms with Crippen LogP contribution in [0.1, 0.15) is 5.56 Å². The Morgan fingerprint density at radius 1 is 1.08 bits per heavy atom. The van der Waals surface area contributed by atoms with E-state index in [1.54, 1.807) is 30.3 Å². The Morgan fingerprint density at radius 3 is 2.44 bits per heavy atom. The normalized spacial score (nSPS) is 11.5. The molecule has 0 N–H and O–H groups in total. The van der Waals surface area contributed by atoms with Crippen LogP contribution in [0.4, 0.5) is 18.9 Å². The number of halogens is 3. The zero-order valence-corrected chi connectivity index (χ0v) is 13.0. The van der Waals surface area contributed by atoms with Gasteiger partial charge in [-0.15, -0.1) is 10.2 Å². The predicted molar refractivity (Wildman–Crippen MR) is 82.0 cm³/mol. The minimum absolute atomic E-state index is 0.0123. The molecule has 3 rings (SSSR count). The molecule has 0 fully saturated rings. The van der Waals surface area contributed by atoms with Gasteiger partial charge in [-0.1, -0.05) is 18.2 Å². The van der Waals surface area contributed by atoms with Crippen molar-refractivity contribution < 1.29 is 22.5 Å². The lowest BCUT2D eigenvalue weighted by molar-refractivity contribution is -0.388. The van der Waals surface area contributed by atoms with Gasteiger partial charge in [-0.05, 0) is 36.0 Å². The summed E-state index contributed by atoms with van der Waals surface area (Å²) in [4.78, 5) is 10.2. The summed E-state index contributed by atoms with van der Waals surface area (Å²) in [6, 6.07) is 11.1. The third kappa shape index (κ3) is 3.79. The minimum Gasteiger partial charge on any atom is -0.411 e. The maximum atomic E-state index is 12.7. The highest BCUT2D eigenvalue weighted by Crippen LogP contribution is 2.39. The zero-order chi connectivity index (χ0) is 18.0. The molecule has 0 unspecified atom stereocenters. The number of aromatic nitrogens is 2. The highest BCUT2D eigenvalue weighted by atomic mass is 32.2. The van der Waals surface area contributed by atoms with E-state index in [0.717, 1.165) is 23.9 Å². The molecule has 0 spiro atoms. The van der Waals surface area contributed by atoms with Crippen molar-refractivity contribution in [2.75, 3.05) is 0 Å². The van der Waals surface area contributed by atoms with Crippen molar-refractivity contribution in [2.24, 2.45) is 0 Å². The Balaban J connectivity index is 1.91. The van der Waals surface area contributed by atoms with Crippen molar-refractivity contribution >= 4 is 17.4 Å². The quantitative estimate of drug-likeness (QED) is 0.486. The molecule has 0 aliphatic rings. The third-order valence-electron chi connectivity index (χ3n) is 3.11. The van der Waals surface area contributed by atoms with Gasteiger partial charge in [0.25, 0.3) is 10.9 Å². The van der Waals surface area contributed by atoms with Gasteiger partial charge in [-0.2, -0.15) is 13.2 Å². The van der Waals surface area contributed by atoms with Crippen LogP contribution in [0, 0.1) is 10.1 Å². The Hall–Kier alpha value is -2.88. The number of nitro groups is 1. The van der Waals surface area contributed by atoms with E-state index in [1.807, 2.05) is 0 Å². The molecule has 0 bridgehead atoms. The van der Waals surface area contributed by atoms with Gasteiger partial charge in [0.1, 0.15) is 0 Å². The molecule has 0 amide bonds. The van der Waals surface area contributed by atoms with Gasteiger partial charge in [-0.3, -0.25) is 10.1 Å². The largest absolute Gasteiger partial charge is 0.416 e. The molecule has 128 valence electrons. The topological polar surface area (TPSA) is 82.1 Å². The standard InChI is InChI=1S/C15H8F3N3O3S/c16-15(17,18)10-6-7-12(11(8-10)21(22)23)25-14-20-19-13(24-14)9-4-2-1-3-5-9/h1-8H. The van der Waals surface area contributed by atoms with Crippen LogP contribution < -0.4 is 0 Å². The monoisotopic (exact) mass is 367 g/mol. The Morgan fingerprint density at radius 2 is 1.80 bits per heavy atom. The van der Waals surface area contributed by atoms with E-state index >= 15 is 0 Å². The summed E-state index contributed by atoms with van der Waals surface area (Å²) in [6.07, 6.45) is -4.67. The first kappa shape index (κ1) is 17.0. The maximum absolute atomic E-state index is 12.7. The number of alkyl halides is 3. The average molecular weight is 367 g/mol. The predicted octanol–water partition coefficient (Wildman–Crippen LogP) is 4.81. The maximum Gasteiger partial charge on any atom is 0.416 e. The summed E-state index contributed by atoms with van der Waals surface area (Å²) in [5.74, 6) is 0.206. The second-order valence-electron chi connectivity index (χ2n) is 4.78. The molecule has 0 aliphatic carbocycles. The molecular weight excluding hydrogens is 359 g/mol. The van der Waals surface area contributed by atoms with Gasteiger partial charge in [0.05, 0.1) is 15.4 Å². The van der Waals surface area contributed by atoms with Gasteiger partial charge in [-0.25, -0.2) is 0 Å². The van der Waals surface area contributed by atoms with Crippen LogP contribution in [-0.4, -0.2) is 15.1 Å². The Bertz CT molecular complexity index is 913. The molecular formula is C15H8F3N3O3S. The van der Waals surface area contributed by atoms with E-state index in [-0.39, 0.29) is 16.0 Å². The van der Waals surface area contributed by atoms with Crippen molar-refractivity contribution in [3.8, 4) is 11.5 Å². The lowest BCUT2D eigenvalue weighted by Gasteiger charge is -2.07. The fourth-order valence-corrected chi connectivity index (χ4v) is 2.73. The molecule has 3 aromatic rings. The van der Waals surface area contributed by atoms with Crippen molar-refractivity contribution in [2.45, 2.75) is 16.3 Å². The summed E-state index contributed by atoms with van der Waals surface area (Å²) in [7, 11) is 0. The van der Waals surface area contributed by atoms with Crippen LogP contribution in [-0.2, 0) is 6.18 Å². The summed E-state index contributed by atoms with van der Waals surface area (Å²) >= 11 is 0.728. The minimum atomic E-state index is -4.67. The molecule has 1 heterocycles. The summed E-state index contributed by atoms with van der Waals surface area (Å²) < 4.78 is 43.5. The fourth-order valence-electron chi connectivity index (χ4n) is 1.97. The first-order valence-corrected chi connectivity index (χ1v) is 7.58. The van der Waals surface area contributed by atoms with E-state index in [4.69, 9.17) is 4.42 Å². The highest BCUT2D eigenvalue weighted by molar-refractivity contribution is 7.99. The molecule has 1 aromatic heterocycles. The lowest BCUT2D eigenvalue weighted by atomic mass is 10.2. The van der Waals surface area contributed by atoms with E-state index in [1.165, 1.54) is 0 Å². The van der Waals surface area contributed by atoms with Gasteiger partial charge < -0.3 is 4.42 Å². The molecule has 0 radical (unpaired) electrons. The van der Waals surface area contributed by atoms with Crippen molar-refractivity contribution in [1.29, 1.82) is 0 Å². The molecule has 6 nitrogen and oxygen atoms in total. The van der Waals surface area contributed by atoms with E-state index in [9.17, 15) is 23.3 Å². The molecule has 2 aromatic carbocycles. The van der Waals surface area contributed by atoms with Crippen LogP contribution >= 0.6 is 11.8 Å². The lowest BCUT2D eigenvalue weighted by Crippen LogP contribution is -2.05. The summed E-state index contributed by atoms with van der Waals surface area (Å²) in [6.45, 7) is 0. The van der Waals surface area contributed by atoms with E-state index in [0.29, 0.717) is 11.6 Å². The number of nitro benzene ring substituents is 1. The number of nitrogens with zero attached hydrogens (tertiary/aromatic N) is 3. The van der Waals surface area contributed by atoms with Crippen molar-refractivity contribution in [3.05, 3.63) is 64.2 Å². The van der Waals surface area contributed by atoms with E-state index in [2.05, 4.69) is 10.2 Å². The molecule has 10 heteroatoms. The third-order valence-corrected chi connectivity index (χ3v) is 4.01. The van der Waals surface area contributed by atoms with Gasteiger partial charge in [0.15, 0.2) is 0 Å². The number of hydrogen-bond acceptors (Lipinski definition) is 6. The van der Waals surface area contributed by atoms with Gasteiger partial charge >= 0.3 is 6.18 Å². The van der Waals surface area contributed by atoms with Gasteiger partial charge in [0.2, 0.25) is 5.89 Å². The highest BCUT2D eigenvalue weighted by Gasteiger charge is 2.33. The zero-order valence-electron chi connectivity index (χ0n) is 12.2. The molecule has 0 aliphatic heterocycles. The second-order valence-corrected chi connectivity index (χ2v) is 5.77. The summed E-state index contributed by atoms with van der Waals surface area (Å²) in [5.41, 5.74) is -1.12. The second kappa shape index (κ2) is 6.55. The van der Waals surface area contributed by atoms with Gasteiger partial charge in [0, 0.05) is 11.6 Å². The number of rotatable bonds is 4. The smallest absolute Gasteiger partial charge is 0.411 e. The Labute approximate surface area is 142 Å². The molecule has 0 atom stereocenters. The summed E-state index contributed by atoms with van der Waals surface area (Å²) in [5, 5.41) is 18.7. The molecule has 0 saturated carbocycles. The molecule has 25 heavy (non-hydrogen) atoms. The van der Waals surface area contributed by atoms with Crippen molar-refractivity contribution in [1.82, 2.24) is 10.2 Å². The van der Waals surface area contributed by atoms with Crippen molar-refractivity contribution in [3.63, 3.8) is 0 Å². The van der Waals surface area contributed by atoms with Crippen LogP contribution in [0.5, 0.6) is 0 Å². The fraction of sp³-hybridized carbons (Fsp3) is 0.0667. The van der Waals surface area contributed by atoms with Crippen LogP contribution in [0.15, 0.2) is 63.1 Å². The average Bonchev–Trinajstić information content (AvgIpc) is 3.03. The number of hydrogen-bond donors (Lipinski definition) is 0. The first-order valence-electron chi connectivity index (χ1n) is 6.77. The SMILES string of the molecule is O=[N+]([O-])c1cc(C(F)(F)F)ccc1Sc1nnc(-c2ccccc2)o1. The Kier molecular flexibility index (Phi) is 4.45. The molecule has 0 saturated heterocycles. The van der Waals surface area contributed by atoms with Crippen LogP contribution in [0.2, 0.25) is 0 Å². The first-order chi connectivity index (χ1) is 11.8. The van der Waals surface area contributed by atoms with E-state index < -0.39 is 22.4 Å².